The Hall–Kier alpha value is -2.12. The van der Waals surface area contributed by atoms with Crippen LogP contribution in [0.2, 0.25) is 0 Å². The zero-order chi connectivity index (χ0) is 16.1. The number of nitro groups is 1. The summed E-state index contributed by atoms with van der Waals surface area (Å²) in [6, 6.07) is 3.07. The SMILES string of the molecule is C=CC[C@H](c1cc(OC)c(O)c([N+](=O)[O-])c1)N1CCNCC1. The van der Waals surface area contributed by atoms with Crippen LogP contribution in [-0.2, 0) is 0 Å². The van der Waals surface area contributed by atoms with E-state index < -0.39 is 10.7 Å². The minimum absolute atomic E-state index is 0.0206. The first-order valence-corrected chi connectivity index (χ1v) is 7.19. The van der Waals surface area contributed by atoms with Crippen molar-refractivity contribution in [1.82, 2.24) is 10.2 Å². The number of hydrogen-bond donors (Lipinski definition) is 2. The number of nitrogens with one attached hydrogen (secondary N) is 1. The third-order valence-corrected chi connectivity index (χ3v) is 3.86. The highest BCUT2D eigenvalue weighted by atomic mass is 16.6. The van der Waals surface area contributed by atoms with E-state index in [2.05, 4.69) is 16.8 Å². The highest BCUT2D eigenvalue weighted by Crippen LogP contribution is 2.40. The van der Waals surface area contributed by atoms with Crippen LogP contribution in [0.1, 0.15) is 18.0 Å². The lowest BCUT2D eigenvalue weighted by Crippen LogP contribution is -2.45. The average molecular weight is 307 g/mol. The molecule has 1 aromatic rings. The third-order valence-electron chi connectivity index (χ3n) is 3.86. The molecule has 1 atom stereocenters. The predicted octanol–water partition coefficient (Wildman–Crippen LogP) is 1.83. The van der Waals surface area contributed by atoms with E-state index in [9.17, 15) is 15.2 Å². The van der Waals surface area contributed by atoms with Crippen molar-refractivity contribution in [3.05, 3.63) is 40.5 Å². The van der Waals surface area contributed by atoms with Gasteiger partial charge in [-0.25, -0.2) is 0 Å². The van der Waals surface area contributed by atoms with Crippen molar-refractivity contribution in [1.29, 1.82) is 0 Å². The number of hydrogen-bond acceptors (Lipinski definition) is 6. The Bertz CT molecular complexity index is 556. The van der Waals surface area contributed by atoms with Crippen LogP contribution in [-0.4, -0.2) is 48.2 Å². The number of rotatable bonds is 6. The maximum Gasteiger partial charge on any atom is 0.314 e. The van der Waals surface area contributed by atoms with Gasteiger partial charge in [0.1, 0.15) is 0 Å². The zero-order valence-corrected chi connectivity index (χ0v) is 12.6. The summed E-state index contributed by atoms with van der Waals surface area (Å²) >= 11 is 0. The van der Waals surface area contributed by atoms with Crippen LogP contribution in [0.3, 0.4) is 0 Å². The molecule has 1 aliphatic rings. The number of ether oxygens (including phenoxy) is 1. The number of phenolic OH excluding ortho intramolecular Hbond substituents is 1. The molecular formula is C15H21N3O4. The maximum atomic E-state index is 11.1. The second-order valence-corrected chi connectivity index (χ2v) is 5.17. The van der Waals surface area contributed by atoms with Gasteiger partial charge in [0.2, 0.25) is 5.75 Å². The molecule has 7 heteroatoms. The average Bonchev–Trinajstić information content (AvgIpc) is 2.53. The molecule has 22 heavy (non-hydrogen) atoms. The van der Waals surface area contributed by atoms with Gasteiger partial charge in [-0.2, -0.15) is 0 Å². The molecule has 0 aromatic heterocycles. The van der Waals surface area contributed by atoms with E-state index in [1.807, 2.05) is 0 Å². The first kappa shape index (κ1) is 16.3. The monoisotopic (exact) mass is 307 g/mol. The highest BCUT2D eigenvalue weighted by molar-refractivity contribution is 5.57. The standard InChI is InChI=1S/C15H21N3O4/c1-3-4-12(17-7-5-16-6-8-17)11-9-13(18(20)21)15(19)14(10-11)22-2/h3,9-10,12,16,19H,1,4-8H2,2H3/t12-/m1/s1. The zero-order valence-electron chi connectivity index (χ0n) is 12.6. The van der Waals surface area contributed by atoms with Gasteiger partial charge in [0.25, 0.3) is 0 Å². The normalized spacial score (nSPS) is 17.0. The van der Waals surface area contributed by atoms with Crippen LogP contribution in [0, 0.1) is 10.1 Å². The Labute approximate surface area is 129 Å². The van der Waals surface area contributed by atoms with Crippen molar-refractivity contribution in [2.45, 2.75) is 12.5 Å². The Morgan fingerprint density at radius 1 is 1.55 bits per heavy atom. The van der Waals surface area contributed by atoms with Crippen LogP contribution < -0.4 is 10.1 Å². The summed E-state index contributed by atoms with van der Waals surface area (Å²) in [6.45, 7) is 7.25. The second-order valence-electron chi connectivity index (χ2n) is 5.17. The lowest BCUT2D eigenvalue weighted by atomic mass is 9.99. The van der Waals surface area contributed by atoms with Gasteiger partial charge in [-0.1, -0.05) is 6.08 Å². The van der Waals surface area contributed by atoms with Crippen molar-refractivity contribution < 1.29 is 14.8 Å². The van der Waals surface area contributed by atoms with Crippen LogP contribution in [0.5, 0.6) is 11.5 Å². The Kier molecular flexibility index (Phi) is 5.35. The lowest BCUT2D eigenvalue weighted by molar-refractivity contribution is -0.386. The van der Waals surface area contributed by atoms with E-state index in [4.69, 9.17) is 4.74 Å². The molecule has 1 fully saturated rings. The van der Waals surface area contributed by atoms with E-state index in [0.29, 0.717) is 6.42 Å². The molecule has 0 radical (unpaired) electrons. The molecule has 0 amide bonds. The Morgan fingerprint density at radius 3 is 2.77 bits per heavy atom. The molecule has 1 heterocycles. The smallest absolute Gasteiger partial charge is 0.314 e. The van der Waals surface area contributed by atoms with E-state index in [-0.39, 0.29) is 17.5 Å². The van der Waals surface area contributed by atoms with Gasteiger partial charge in [-0.05, 0) is 18.1 Å². The third kappa shape index (κ3) is 3.37. The number of nitro benzene ring substituents is 1. The number of benzene rings is 1. The van der Waals surface area contributed by atoms with Gasteiger partial charge in [0, 0.05) is 38.3 Å². The number of aromatic hydroxyl groups is 1. The number of methoxy groups -OCH3 is 1. The van der Waals surface area contributed by atoms with Crippen molar-refractivity contribution in [2.75, 3.05) is 33.3 Å². The summed E-state index contributed by atoms with van der Waals surface area (Å²) < 4.78 is 5.08. The number of piperazine rings is 1. The molecule has 1 aliphatic heterocycles. The van der Waals surface area contributed by atoms with Gasteiger partial charge in [-0.15, -0.1) is 6.58 Å². The summed E-state index contributed by atoms with van der Waals surface area (Å²) in [5.74, 6) is -0.317. The van der Waals surface area contributed by atoms with Crippen LogP contribution in [0.4, 0.5) is 5.69 Å². The molecule has 0 unspecified atom stereocenters. The highest BCUT2D eigenvalue weighted by Gasteiger charge is 2.26. The van der Waals surface area contributed by atoms with Crippen molar-refractivity contribution in [2.24, 2.45) is 0 Å². The van der Waals surface area contributed by atoms with Crippen LogP contribution >= 0.6 is 0 Å². The number of nitrogens with zero attached hydrogens (tertiary/aromatic N) is 2. The molecule has 2 N–H and O–H groups in total. The summed E-state index contributed by atoms with van der Waals surface area (Å²) in [6.07, 6.45) is 2.48. The number of phenols is 1. The van der Waals surface area contributed by atoms with Crippen LogP contribution in [0.25, 0.3) is 0 Å². The topological polar surface area (TPSA) is 87.9 Å². The van der Waals surface area contributed by atoms with Crippen molar-refractivity contribution in [3.63, 3.8) is 0 Å². The Balaban J connectivity index is 2.43. The fourth-order valence-electron chi connectivity index (χ4n) is 2.75. The van der Waals surface area contributed by atoms with E-state index in [0.717, 1.165) is 31.7 Å². The lowest BCUT2D eigenvalue weighted by Gasteiger charge is -2.34. The molecule has 0 aliphatic carbocycles. The predicted molar refractivity (Wildman–Crippen MR) is 83.3 cm³/mol. The minimum Gasteiger partial charge on any atom is -0.500 e. The molecule has 0 spiro atoms. The first-order chi connectivity index (χ1) is 10.6. The largest absolute Gasteiger partial charge is 0.500 e. The minimum atomic E-state index is -0.593. The molecule has 1 aromatic carbocycles. The van der Waals surface area contributed by atoms with Gasteiger partial charge >= 0.3 is 5.69 Å². The quantitative estimate of drug-likeness (QED) is 0.473. The summed E-state index contributed by atoms with van der Waals surface area (Å²) in [7, 11) is 1.38. The van der Waals surface area contributed by atoms with E-state index >= 15 is 0 Å². The summed E-state index contributed by atoms with van der Waals surface area (Å²) in [4.78, 5) is 12.8. The van der Waals surface area contributed by atoms with Gasteiger partial charge in [0.15, 0.2) is 5.75 Å². The fourth-order valence-corrected chi connectivity index (χ4v) is 2.75. The fraction of sp³-hybridized carbons (Fsp3) is 0.467. The van der Waals surface area contributed by atoms with Gasteiger partial charge in [0.05, 0.1) is 12.0 Å². The molecule has 7 nitrogen and oxygen atoms in total. The molecule has 1 saturated heterocycles. The molecule has 120 valence electrons. The summed E-state index contributed by atoms with van der Waals surface area (Å²) in [5.41, 5.74) is 0.418. The molecule has 0 bridgehead atoms. The first-order valence-electron chi connectivity index (χ1n) is 7.19. The van der Waals surface area contributed by atoms with Crippen LogP contribution in [0.15, 0.2) is 24.8 Å². The van der Waals surface area contributed by atoms with E-state index in [1.165, 1.54) is 13.2 Å². The van der Waals surface area contributed by atoms with Gasteiger partial charge < -0.3 is 15.2 Å². The molecule has 2 rings (SSSR count). The van der Waals surface area contributed by atoms with Crippen molar-refractivity contribution >= 4 is 5.69 Å². The van der Waals surface area contributed by atoms with Gasteiger partial charge in [-0.3, -0.25) is 15.0 Å². The molecular weight excluding hydrogens is 286 g/mol. The van der Waals surface area contributed by atoms with E-state index in [1.54, 1.807) is 12.1 Å². The molecule has 0 saturated carbocycles. The second kappa shape index (κ2) is 7.24. The maximum absolute atomic E-state index is 11.1. The Morgan fingerprint density at radius 2 is 2.23 bits per heavy atom. The van der Waals surface area contributed by atoms with Crippen molar-refractivity contribution in [3.8, 4) is 11.5 Å². The summed E-state index contributed by atoms with van der Waals surface area (Å²) in [5, 5.41) is 24.3.